The molecule has 2 N–H and O–H groups in total. The molecule has 0 aliphatic carbocycles. The first-order chi connectivity index (χ1) is 13.6. The van der Waals surface area contributed by atoms with Gasteiger partial charge < -0.3 is 14.8 Å². The van der Waals surface area contributed by atoms with Gasteiger partial charge in [0.15, 0.2) is 11.5 Å². The SMILES string of the molecule is COc1ccc(CN2CCc3c(nc(-c4cccnc4)[nH]c3=O)C2)c(Cl)c1O. The lowest BCUT2D eigenvalue weighted by Gasteiger charge is -2.28. The van der Waals surface area contributed by atoms with Gasteiger partial charge in [0.25, 0.3) is 5.56 Å². The lowest BCUT2D eigenvalue weighted by atomic mass is 10.0. The Kier molecular flexibility index (Phi) is 5.02. The maximum absolute atomic E-state index is 12.5. The summed E-state index contributed by atoms with van der Waals surface area (Å²) in [7, 11) is 1.48. The molecule has 0 saturated heterocycles. The second kappa shape index (κ2) is 7.61. The minimum absolute atomic E-state index is 0.0625. The van der Waals surface area contributed by atoms with Crippen molar-refractivity contribution in [2.45, 2.75) is 19.5 Å². The third kappa shape index (κ3) is 3.46. The molecule has 0 unspecified atom stereocenters. The van der Waals surface area contributed by atoms with Crippen molar-refractivity contribution in [1.29, 1.82) is 0 Å². The number of H-pyrrole nitrogens is 1. The number of hydrogen-bond acceptors (Lipinski definition) is 6. The molecule has 3 heterocycles. The minimum Gasteiger partial charge on any atom is -0.503 e. The number of phenolic OH excluding ortho intramolecular Hbond substituents is 1. The van der Waals surface area contributed by atoms with Crippen molar-refractivity contribution in [1.82, 2.24) is 19.9 Å². The monoisotopic (exact) mass is 398 g/mol. The lowest BCUT2D eigenvalue weighted by Crippen LogP contribution is -2.35. The van der Waals surface area contributed by atoms with E-state index in [2.05, 4.69) is 19.9 Å². The summed E-state index contributed by atoms with van der Waals surface area (Å²) >= 11 is 6.29. The van der Waals surface area contributed by atoms with Crippen LogP contribution in [0.4, 0.5) is 0 Å². The van der Waals surface area contributed by atoms with Gasteiger partial charge in [0.1, 0.15) is 5.82 Å². The molecule has 8 heteroatoms. The molecule has 0 fully saturated rings. The molecule has 144 valence electrons. The van der Waals surface area contributed by atoms with Crippen LogP contribution in [-0.4, -0.2) is 38.6 Å². The Bertz CT molecular complexity index is 1070. The number of benzene rings is 1. The molecule has 1 aliphatic heterocycles. The number of aromatic hydroxyl groups is 1. The predicted molar refractivity (Wildman–Crippen MR) is 106 cm³/mol. The summed E-state index contributed by atoms with van der Waals surface area (Å²) in [6, 6.07) is 7.19. The number of rotatable bonds is 4. The maximum Gasteiger partial charge on any atom is 0.254 e. The highest BCUT2D eigenvalue weighted by Crippen LogP contribution is 2.37. The van der Waals surface area contributed by atoms with E-state index < -0.39 is 0 Å². The molecule has 0 amide bonds. The normalized spacial score (nSPS) is 13.9. The minimum atomic E-state index is -0.108. The number of nitrogens with one attached hydrogen (secondary N) is 1. The molecule has 0 atom stereocenters. The Labute approximate surface area is 166 Å². The lowest BCUT2D eigenvalue weighted by molar-refractivity contribution is 0.240. The smallest absolute Gasteiger partial charge is 0.254 e. The van der Waals surface area contributed by atoms with Crippen molar-refractivity contribution in [3.05, 3.63) is 68.9 Å². The first-order valence-corrected chi connectivity index (χ1v) is 9.23. The third-order valence-electron chi connectivity index (χ3n) is 4.86. The fourth-order valence-corrected chi connectivity index (χ4v) is 3.60. The van der Waals surface area contributed by atoms with E-state index in [1.807, 2.05) is 12.1 Å². The highest BCUT2D eigenvalue weighted by molar-refractivity contribution is 6.33. The van der Waals surface area contributed by atoms with E-state index in [0.29, 0.717) is 43.2 Å². The Morgan fingerprint density at radius 2 is 2.21 bits per heavy atom. The number of nitrogens with zero attached hydrogens (tertiary/aromatic N) is 3. The van der Waals surface area contributed by atoms with E-state index in [1.165, 1.54) is 7.11 Å². The summed E-state index contributed by atoms with van der Waals surface area (Å²) in [4.78, 5) is 26.2. The number of halogens is 1. The molecule has 0 spiro atoms. The van der Waals surface area contributed by atoms with Crippen LogP contribution in [0, 0.1) is 0 Å². The molecule has 7 nitrogen and oxygen atoms in total. The van der Waals surface area contributed by atoms with Gasteiger partial charge in [-0.1, -0.05) is 17.7 Å². The van der Waals surface area contributed by atoms with Crippen molar-refractivity contribution in [3.63, 3.8) is 0 Å². The molecule has 3 aromatic rings. The van der Waals surface area contributed by atoms with Gasteiger partial charge in [-0.3, -0.25) is 14.7 Å². The Hall–Kier alpha value is -2.90. The average Bonchev–Trinajstić information content (AvgIpc) is 2.72. The van der Waals surface area contributed by atoms with Gasteiger partial charge in [-0.2, -0.15) is 0 Å². The molecular weight excluding hydrogens is 380 g/mol. The Morgan fingerprint density at radius 1 is 1.36 bits per heavy atom. The summed E-state index contributed by atoms with van der Waals surface area (Å²) in [5.74, 6) is 0.790. The summed E-state index contributed by atoms with van der Waals surface area (Å²) in [6.45, 7) is 1.76. The van der Waals surface area contributed by atoms with Crippen molar-refractivity contribution in [2.75, 3.05) is 13.7 Å². The molecule has 0 radical (unpaired) electrons. The molecule has 4 rings (SSSR count). The molecule has 0 saturated carbocycles. The van der Waals surface area contributed by atoms with Crippen LogP contribution in [0.25, 0.3) is 11.4 Å². The zero-order chi connectivity index (χ0) is 19.7. The highest BCUT2D eigenvalue weighted by atomic mass is 35.5. The van der Waals surface area contributed by atoms with Gasteiger partial charge in [0.2, 0.25) is 0 Å². The van der Waals surface area contributed by atoms with Crippen LogP contribution in [0.1, 0.15) is 16.8 Å². The molecular formula is C20H19ClN4O3. The maximum atomic E-state index is 12.5. The van der Waals surface area contributed by atoms with Crippen LogP contribution in [0.15, 0.2) is 41.5 Å². The number of phenols is 1. The van der Waals surface area contributed by atoms with Gasteiger partial charge in [0, 0.05) is 43.2 Å². The Balaban J connectivity index is 1.60. The van der Waals surface area contributed by atoms with Crippen molar-refractivity contribution in [3.8, 4) is 22.9 Å². The third-order valence-corrected chi connectivity index (χ3v) is 5.28. The summed E-state index contributed by atoms with van der Waals surface area (Å²) < 4.78 is 5.08. The van der Waals surface area contributed by atoms with Crippen LogP contribution < -0.4 is 10.3 Å². The topological polar surface area (TPSA) is 91.3 Å². The molecule has 28 heavy (non-hydrogen) atoms. The first kappa shape index (κ1) is 18.5. The van der Waals surface area contributed by atoms with Crippen molar-refractivity contribution < 1.29 is 9.84 Å². The van der Waals surface area contributed by atoms with Gasteiger partial charge >= 0.3 is 0 Å². The summed E-state index contributed by atoms with van der Waals surface area (Å²) in [5, 5.41) is 10.4. The number of hydrogen-bond donors (Lipinski definition) is 2. The van der Waals surface area contributed by atoms with Crippen molar-refractivity contribution >= 4 is 11.6 Å². The fraction of sp³-hybridized carbons (Fsp3) is 0.250. The average molecular weight is 399 g/mol. The van der Waals surface area contributed by atoms with E-state index in [4.69, 9.17) is 16.3 Å². The largest absolute Gasteiger partial charge is 0.503 e. The van der Waals surface area contributed by atoms with Crippen LogP contribution in [0.2, 0.25) is 5.02 Å². The van der Waals surface area contributed by atoms with E-state index >= 15 is 0 Å². The van der Waals surface area contributed by atoms with E-state index in [1.54, 1.807) is 24.5 Å². The predicted octanol–water partition coefficient (Wildman–Crippen LogP) is 2.76. The second-order valence-electron chi connectivity index (χ2n) is 6.63. The highest BCUT2D eigenvalue weighted by Gasteiger charge is 2.23. The molecule has 1 aliphatic rings. The van der Waals surface area contributed by atoms with Gasteiger partial charge in [-0.15, -0.1) is 0 Å². The van der Waals surface area contributed by atoms with E-state index in [9.17, 15) is 9.90 Å². The quantitative estimate of drug-likeness (QED) is 0.702. The summed E-state index contributed by atoms with van der Waals surface area (Å²) in [5.41, 5.74) is 2.92. The zero-order valence-corrected chi connectivity index (χ0v) is 16.0. The number of aromatic nitrogens is 3. The molecule has 0 bridgehead atoms. The van der Waals surface area contributed by atoms with Crippen LogP contribution in [0.3, 0.4) is 0 Å². The second-order valence-corrected chi connectivity index (χ2v) is 7.01. The fourth-order valence-electron chi connectivity index (χ4n) is 3.38. The van der Waals surface area contributed by atoms with Gasteiger partial charge in [-0.25, -0.2) is 4.98 Å². The number of pyridine rings is 1. The van der Waals surface area contributed by atoms with Crippen molar-refractivity contribution in [2.24, 2.45) is 0 Å². The van der Waals surface area contributed by atoms with Gasteiger partial charge in [0.05, 0.1) is 17.8 Å². The summed E-state index contributed by atoms with van der Waals surface area (Å²) in [6.07, 6.45) is 3.95. The number of aromatic amines is 1. The van der Waals surface area contributed by atoms with E-state index in [-0.39, 0.29) is 16.3 Å². The standard InChI is InChI=1S/C20H19ClN4O3/c1-28-16-5-4-13(17(21)18(16)26)10-25-8-6-14-15(11-25)23-19(24-20(14)27)12-3-2-7-22-9-12/h2-5,7,9,26H,6,8,10-11H2,1H3,(H,23,24,27). The zero-order valence-electron chi connectivity index (χ0n) is 15.3. The first-order valence-electron chi connectivity index (χ1n) is 8.86. The Morgan fingerprint density at radius 3 is 2.96 bits per heavy atom. The van der Waals surface area contributed by atoms with Gasteiger partial charge in [-0.05, 0) is 30.2 Å². The van der Waals surface area contributed by atoms with Crippen LogP contribution >= 0.6 is 11.6 Å². The molecule has 1 aromatic carbocycles. The number of methoxy groups -OCH3 is 1. The van der Waals surface area contributed by atoms with Crippen LogP contribution in [0.5, 0.6) is 11.5 Å². The number of ether oxygens (including phenoxy) is 1. The number of fused-ring (bicyclic) bond motifs is 1. The van der Waals surface area contributed by atoms with Crippen LogP contribution in [-0.2, 0) is 19.5 Å². The molecule has 2 aromatic heterocycles. The van der Waals surface area contributed by atoms with E-state index in [0.717, 1.165) is 16.8 Å².